The van der Waals surface area contributed by atoms with E-state index in [1.165, 1.54) is 23.2 Å². The van der Waals surface area contributed by atoms with E-state index in [1.807, 2.05) is 18.2 Å². The third-order valence-electron chi connectivity index (χ3n) is 4.44. The first kappa shape index (κ1) is 15.4. The van der Waals surface area contributed by atoms with E-state index in [4.69, 9.17) is 4.74 Å². The molecule has 2 atom stereocenters. The lowest BCUT2D eigenvalue weighted by atomic mass is 10.00. The SMILES string of the molecule is C=Cc1c(-c2cccc(OC)c2)ccn1C(C)C(C)CC. The van der Waals surface area contributed by atoms with Gasteiger partial charge >= 0.3 is 0 Å². The smallest absolute Gasteiger partial charge is 0.119 e. The Bertz CT molecular complexity index is 612. The summed E-state index contributed by atoms with van der Waals surface area (Å²) >= 11 is 0. The first-order valence-corrected chi connectivity index (χ1v) is 7.60. The zero-order valence-electron chi connectivity index (χ0n) is 13.5. The number of benzene rings is 1. The summed E-state index contributed by atoms with van der Waals surface area (Å²) in [5.41, 5.74) is 3.55. The van der Waals surface area contributed by atoms with Gasteiger partial charge in [-0.15, -0.1) is 0 Å². The van der Waals surface area contributed by atoms with Crippen LogP contribution in [0.3, 0.4) is 0 Å². The standard InChI is InChI=1S/C19H25NO/c1-6-14(3)15(4)20-12-11-18(19(20)7-2)16-9-8-10-17(13-16)21-5/h7-15H,2,6H2,1,3-5H3. The molecule has 0 amide bonds. The van der Waals surface area contributed by atoms with Crippen LogP contribution in [0, 0.1) is 5.92 Å². The second-order valence-electron chi connectivity index (χ2n) is 5.58. The largest absolute Gasteiger partial charge is 0.497 e. The molecule has 112 valence electrons. The van der Waals surface area contributed by atoms with E-state index >= 15 is 0 Å². The van der Waals surface area contributed by atoms with Crippen LogP contribution in [0.4, 0.5) is 0 Å². The van der Waals surface area contributed by atoms with Crippen LogP contribution in [0.1, 0.15) is 38.9 Å². The fourth-order valence-electron chi connectivity index (χ4n) is 2.68. The van der Waals surface area contributed by atoms with Crippen LogP contribution >= 0.6 is 0 Å². The topological polar surface area (TPSA) is 14.2 Å². The Labute approximate surface area is 128 Å². The number of rotatable bonds is 6. The number of ether oxygens (including phenoxy) is 1. The van der Waals surface area contributed by atoms with Gasteiger partial charge in [0.25, 0.3) is 0 Å². The molecule has 0 saturated carbocycles. The molecular formula is C19H25NO. The zero-order valence-corrected chi connectivity index (χ0v) is 13.5. The highest BCUT2D eigenvalue weighted by atomic mass is 16.5. The minimum atomic E-state index is 0.461. The number of hydrogen-bond acceptors (Lipinski definition) is 1. The predicted octanol–water partition coefficient (Wildman–Crippen LogP) is 5.41. The minimum Gasteiger partial charge on any atom is -0.497 e. The molecule has 2 heteroatoms. The van der Waals surface area contributed by atoms with E-state index in [2.05, 4.69) is 56.3 Å². The highest BCUT2D eigenvalue weighted by molar-refractivity contribution is 5.74. The van der Waals surface area contributed by atoms with Gasteiger partial charge in [-0.2, -0.15) is 0 Å². The monoisotopic (exact) mass is 283 g/mol. The van der Waals surface area contributed by atoms with E-state index < -0.39 is 0 Å². The van der Waals surface area contributed by atoms with Crippen LogP contribution in [0.25, 0.3) is 17.2 Å². The maximum absolute atomic E-state index is 5.33. The quantitative estimate of drug-likeness (QED) is 0.691. The second kappa shape index (κ2) is 6.66. The van der Waals surface area contributed by atoms with Crippen LogP contribution < -0.4 is 4.74 Å². The van der Waals surface area contributed by atoms with Crippen molar-refractivity contribution in [1.29, 1.82) is 0 Å². The van der Waals surface area contributed by atoms with Crippen molar-refractivity contribution in [2.24, 2.45) is 5.92 Å². The van der Waals surface area contributed by atoms with Crippen molar-refractivity contribution >= 4 is 6.08 Å². The van der Waals surface area contributed by atoms with E-state index in [9.17, 15) is 0 Å². The summed E-state index contributed by atoms with van der Waals surface area (Å²) in [6.07, 6.45) is 5.29. The number of nitrogens with zero attached hydrogens (tertiary/aromatic N) is 1. The van der Waals surface area contributed by atoms with Crippen LogP contribution in [-0.4, -0.2) is 11.7 Å². The second-order valence-corrected chi connectivity index (χ2v) is 5.58. The summed E-state index contributed by atoms with van der Waals surface area (Å²) < 4.78 is 7.66. The number of methoxy groups -OCH3 is 1. The van der Waals surface area contributed by atoms with Gasteiger partial charge in [0, 0.05) is 23.5 Å². The van der Waals surface area contributed by atoms with Crippen molar-refractivity contribution in [3.05, 3.63) is 48.8 Å². The van der Waals surface area contributed by atoms with Crippen molar-refractivity contribution in [3.8, 4) is 16.9 Å². The Morgan fingerprint density at radius 2 is 2.05 bits per heavy atom. The Hall–Kier alpha value is -1.96. The molecule has 1 aromatic heterocycles. The van der Waals surface area contributed by atoms with Gasteiger partial charge in [-0.3, -0.25) is 0 Å². The van der Waals surface area contributed by atoms with E-state index in [-0.39, 0.29) is 0 Å². The first-order valence-electron chi connectivity index (χ1n) is 7.60. The lowest BCUT2D eigenvalue weighted by Gasteiger charge is -2.22. The molecule has 0 aliphatic rings. The molecule has 2 nitrogen and oxygen atoms in total. The normalized spacial score (nSPS) is 13.7. The average Bonchev–Trinajstić information content (AvgIpc) is 2.97. The van der Waals surface area contributed by atoms with Crippen LogP contribution in [0.2, 0.25) is 0 Å². The fourth-order valence-corrected chi connectivity index (χ4v) is 2.68. The van der Waals surface area contributed by atoms with Gasteiger partial charge in [0.2, 0.25) is 0 Å². The summed E-state index contributed by atoms with van der Waals surface area (Å²) in [5, 5.41) is 0. The lowest BCUT2D eigenvalue weighted by Crippen LogP contribution is -2.13. The molecule has 0 fully saturated rings. The van der Waals surface area contributed by atoms with Gasteiger partial charge < -0.3 is 9.30 Å². The summed E-state index contributed by atoms with van der Waals surface area (Å²) in [4.78, 5) is 0. The summed E-state index contributed by atoms with van der Waals surface area (Å²) in [5.74, 6) is 1.51. The van der Waals surface area contributed by atoms with Gasteiger partial charge in [0.05, 0.1) is 7.11 Å². The Balaban J connectivity index is 2.46. The van der Waals surface area contributed by atoms with Crippen LogP contribution in [0.5, 0.6) is 5.75 Å². The molecule has 2 unspecified atom stereocenters. The van der Waals surface area contributed by atoms with Gasteiger partial charge in [-0.1, -0.05) is 39.0 Å². The van der Waals surface area contributed by atoms with E-state index in [1.54, 1.807) is 7.11 Å². The molecule has 21 heavy (non-hydrogen) atoms. The molecule has 1 aromatic carbocycles. The molecule has 0 bridgehead atoms. The van der Waals surface area contributed by atoms with Gasteiger partial charge in [0.1, 0.15) is 5.75 Å². The van der Waals surface area contributed by atoms with Crippen molar-refractivity contribution in [2.75, 3.05) is 7.11 Å². The molecule has 2 rings (SSSR count). The molecule has 0 aliphatic carbocycles. The Morgan fingerprint density at radius 3 is 2.67 bits per heavy atom. The Kier molecular flexibility index (Phi) is 4.89. The van der Waals surface area contributed by atoms with Crippen LogP contribution in [0.15, 0.2) is 43.1 Å². The van der Waals surface area contributed by atoms with Gasteiger partial charge in [0.15, 0.2) is 0 Å². The minimum absolute atomic E-state index is 0.461. The van der Waals surface area contributed by atoms with E-state index in [0.29, 0.717) is 12.0 Å². The average molecular weight is 283 g/mol. The molecule has 0 saturated heterocycles. The maximum atomic E-state index is 5.33. The number of hydrogen-bond donors (Lipinski definition) is 0. The third kappa shape index (κ3) is 3.05. The molecule has 0 spiro atoms. The Morgan fingerprint density at radius 1 is 1.29 bits per heavy atom. The van der Waals surface area contributed by atoms with Crippen molar-refractivity contribution < 1.29 is 4.74 Å². The molecule has 1 heterocycles. The maximum Gasteiger partial charge on any atom is 0.119 e. The summed E-state index contributed by atoms with van der Waals surface area (Å²) in [6.45, 7) is 10.8. The molecular weight excluding hydrogens is 258 g/mol. The fraction of sp³-hybridized carbons (Fsp3) is 0.368. The molecule has 2 aromatic rings. The first-order chi connectivity index (χ1) is 10.1. The number of aromatic nitrogens is 1. The molecule has 0 radical (unpaired) electrons. The highest BCUT2D eigenvalue weighted by Crippen LogP contribution is 2.32. The summed E-state index contributed by atoms with van der Waals surface area (Å²) in [7, 11) is 1.70. The van der Waals surface area contributed by atoms with Crippen molar-refractivity contribution in [3.63, 3.8) is 0 Å². The zero-order chi connectivity index (χ0) is 15.4. The third-order valence-corrected chi connectivity index (χ3v) is 4.44. The van der Waals surface area contributed by atoms with Gasteiger partial charge in [-0.25, -0.2) is 0 Å². The molecule has 0 N–H and O–H groups in total. The van der Waals surface area contributed by atoms with Crippen LogP contribution in [-0.2, 0) is 0 Å². The molecule has 0 aliphatic heterocycles. The van der Waals surface area contributed by atoms with Gasteiger partial charge in [-0.05, 0) is 42.7 Å². The highest BCUT2D eigenvalue weighted by Gasteiger charge is 2.17. The lowest BCUT2D eigenvalue weighted by molar-refractivity contribution is 0.370. The van der Waals surface area contributed by atoms with Crippen molar-refractivity contribution in [1.82, 2.24) is 4.57 Å². The van der Waals surface area contributed by atoms with Crippen molar-refractivity contribution in [2.45, 2.75) is 33.2 Å². The van der Waals surface area contributed by atoms with E-state index in [0.717, 1.165) is 5.75 Å². The predicted molar refractivity (Wildman–Crippen MR) is 90.7 cm³/mol. The summed E-state index contributed by atoms with van der Waals surface area (Å²) in [6, 6.07) is 10.8.